The molecule has 0 spiro atoms. The Labute approximate surface area is 128 Å². The van der Waals surface area contributed by atoms with Crippen molar-refractivity contribution in [2.75, 3.05) is 25.6 Å². The van der Waals surface area contributed by atoms with Crippen molar-refractivity contribution >= 4 is 28.3 Å². The molecule has 0 saturated heterocycles. The number of esters is 1. The fraction of sp³-hybridized carbons (Fsp3) is 0.643. The van der Waals surface area contributed by atoms with Crippen LogP contribution < -0.4 is 5.32 Å². The molecule has 0 aliphatic heterocycles. The third kappa shape index (κ3) is 7.77. The first kappa shape index (κ1) is 17.6. The molecule has 1 heterocycles. The number of methoxy groups -OCH3 is 1. The Balaban J connectivity index is 2.24. The molecule has 1 amide bonds. The third-order valence-corrected chi connectivity index (χ3v) is 3.54. The maximum Gasteiger partial charge on any atom is 0.305 e. The van der Waals surface area contributed by atoms with Crippen LogP contribution in [0.5, 0.6) is 0 Å². The first-order valence-electron chi connectivity index (χ1n) is 7.04. The number of rotatable bonds is 10. The number of amides is 1. The lowest BCUT2D eigenvalue weighted by molar-refractivity contribution is -0.140. The van der Waals surface area contributed by atoms with Crippen LogP contribution in [0.3, 0.4) is 0 Å². The Morgan fingerprint density at radius 3 is 2.86 bits per heavy atom. The molecule has 1 aromatic heterocycles. The minimum atomic E-state index is -0.215. The summed E-state index contributed by atoms with van der Waals surface area (Å²) in [6, 6.07) is 0. The van der Waals surface area contributed by atoms with Crippen LogP contribution in [0, 0.1) is 0 Å². The minimum absolute atomic E-state index is 0.0508. The number of aromatic nitrogens is 1. The third-order valence-electron chi connectivity index (χ3n) is 2.74. The molecule has 1 aromatic rings. The van der Waals surface area contributed by atoms with E-state index in [0.717, 1.165) is 5.69 Å². The first-order chi connectivity index (χ1) is 10.2. The summed E-state index contributed by atoms with van der Waals surface area (Å²) in [6.45, 7) is 3.20. The molecule has 1 rings (SSSR count). The molecule has 21 heavy (non-hydrogen) atoms. The smallest absolute Gasteiger partial charge is 0.305 e. The van der Waals surface area contributed by atoms with Crippen LogP contribution in [0.4, 0.5) is 5.13 Å². The lowest BCUT2D eigenvalue weighted by atomic mass is 10.2. The van der Waals surface area contributed by atoms with Crippen molar-refractivity contribution < 1.29 is 19.1 Å². The first-order valence-corrected chi connectivity index (χ1v) is 7.92. The molecule has 0 aliphatic carbocycles. The van der Waals surface area contributed by atoms with Crippen molar-refractivity contribution in [3.63, 3.8) is 0 Å². The number of aryl methyl sites for hydroxylation is 1. The average molecular weight is 314 g/mol. The van der Waals surface area contributed by atoms with Crippen molar-refractivity contribution in [1.82, 2.24) is 4.98 Å². The van der Waals surface area contributed by atoms with Crippen LogP contribution in [-0.2, 0) is 25.5 Å². The van der Waals surface area contributed by atoms with Crippen LogP contribution in [-0.4, -0.2) is 37.2 Å². The van der Waals surface area contributed by atoms with Crippen molar-refractivity contribution in [3.05, 3.63) is 11.1 Å². The van der Waals surface area contributed by atoms with E-state index >= 15 is 0 Å². The van der Waals surface area contributed by atoms with E-state index in [1.165, 1.54) is 18.4 Å². The molecule has 0 radical (unpaired) electrons. The fourth-order valence-corrected chi connectivity index (χ4v) is 2.42. The SMILES string of the molecule is CCOCCCC(=O)Nc1nc(CCCC(=O)OC)cs1. The Morgan fingerprint density at radius 1 is 1.33 bits per heavy atom. The van der Waals surface area contributed by atoms with Gasteiger partial charge in [0.1, 0.15) is 0 Å². The summed E-state index contributed by atoms with van der Waals surface area (Å²) in [4.78, 5) is 27.0. The number of carbonyl (C=O) groups is 2. The summed E-state index contributed by atoms with van der Waals surface area (Å²) < 4.78 is 9.76. The highest BCUT2D eigenvalue weighted by molar-refractivity contribution is 7.13. The number of carbonyl (C=O) groups excluding carboxylic acids is 2. The molecule has 0 bridgehead atoms. The molecule has 7 heteroatoms. The maximum atomic E-state index is 11.7. The van der Waals surface area contributed by atoms with Gasteiger partial charge in [0.15, 0.2) is 5.13 Å². The molecule has 0 saturated carbocycles. The van der Waals surface area contributed by atoms with E-state index in [4.69, 9.17) is 4.74 Å². The maximum absolute atomic E-state index is 11.7. The monoisotopic (exact) mass is 314 g/mol. The number of thiazole rings is 1. The van der Waals surface area contributed by atoms with E-state index in [0.29, 0.717) is 50.4 Å². The van der Waals surface area contributed by atoms with E-state index in [1.807, 2.05) is 12.3 Å². The van der Waals surface area contributed by atoms with Crippen molar-refractivity contribution in [1.29, 1.82) is 0 Å². The van der Waals surface area contributed by atoms with Gasteiger partial charge in [-0.1, -0.05) is 0 Å². The molecular weight excluding hydrogens is 292 g/mol. The second-order valence-electron chi connectivity index (χ2n) is 4.42. The van der Waals surface area contributed by atoms with Crippen molar-refractivity contribution in [2.24, 2.45) is 0 Å². The largest absolute Gasteiger partial charge is 0.469 e. The summed E-state index contributed by atoms with van der Waals surface area (Å²) in [7, 11) is 1.38. The Kier molecular flexibility index (Phi) is 8.61. The van der Waals surface area contributed by atoms with E-state index in [-0.39, 0.29) is 11.9 Å². The zero-order valence-corrected chi connectivity index (χ0v) is 13.3. The summed E-state index contributed by atoms with van der Waals surface area (Å²) in [5, 5.41) is 5.27. The average Bonchev–Trinajstić information content (AvgIpc) is 2.90. The highest BCUT2D eigenvalue weighted by Crippen LogP contribution is 2.17. The van der Waals surface area contributed by atoms with Crippen molar-refractivity contribution in [3.8, 4) is 0 Å². The van der Waals surface area contributed by atoms with Gasteiger partial charge in [-0.2, -0.15) is 0 Å². The summed E-state index contributed by atoms with van der Waals surface area (Å²) in [6.07, 6.45) is 2.91. The van der Waals surface area contributed by atoms with E-state index < -0.39 is 0 Å². The second-order valence-corrected chi connectivity index (χ2v) is 5.28. The molecule has 118 valence electrons. The van der Waals surface area contributed by atoms with Crippen LogP contribution in [0.25, 0.3) is 0 Å². The Morgan fingerprint density at radius 2 is 2.14 bits per heavy atom. The molecule has 0 fully saturated rings. The number of ether oxygens (including phenoxy) is 2. The summed E-state index contributed by atoms with van der Waals surface area (Å²) >= 11 is 1.40. The fourth-order valence-electron chi connectivity index (χ4n) is 1.66. The van der Waals surface area contributed by atoms with Gasteiger partial charge in [0.25, 0.3) is 0 Å². The lowest BCUT2D eigenvalue weighted by Gasteiger charge is -2.02. The quantitative estimate of drug-likeness (QED) is 0.530. The molecule has 0 atom stereocenters. The van der Waals surface area contributed by atoms with Gasteiger partial charge in [-0.05, 0) is 26.2 Å². The lowest BCUT2D eigenvalue weighted by Crippen LogP contribution is -2.12. The predicted molar refractivity (Wildman–Crippen MR) is 81.4 cm³/mol. The van der Waals surface area contributed by atoms with Gasteiger partial charge in [0, 0.05) is 31.4 Å². The Hall–Kier alpha value is -1.47. The summed E-state index contributed by atoms with van der Waals surface area (Å²) in [5.74, 6) is -0.266. The molecule has 0 unspecified atom stereocenters. The molecule has 0 aromatic carbocycles. The topological polar surface area (TPSA) is 77.5 Å². The van der Waals surface area contributed by atoms with Gasteiger partial charge in [0.05, 0.1) is 12.8 Å². The van der Waals surface area contributed by atoms with E-state index in [2.05, 4.69) is 15.0 Å². The highest BCUT2D eigenvalue weighted by atomic mass is 32.1. The van der Waals surface area contributed by atoms with Gasteiger partial charge >= 0.3 is 5.97 Å². The number of anilines is 1. The minimum Gasteiger partial charge on any atom is -0.469 e. The van der Waals surface area contributed by atoms with Gasteiger partial charge < -0.3 is 14.8 Å². The van der Waals surface area contributed by atoms with Gasteiger partial charge in [-0.25, -0.2) is 4.98 Å². The van der Waals surface area contributed by atoms with E-state index in [9.17, 15) is 9.59 Å². The van der Waals surface area contributed by atoms with Crippen LogP contribution in [0.1, 0.15) is 38.3 Å². The van der Waals surface area contributed by atoms with Gasteiger partial charge in [0.2, 0.25) is 5.91 Å². The van der Waals surface area contributed by atoms with Crippen LogP contribution in [0.2, 0.25) is 0 Å². The van der Waals surface area contributed by atoms with E-state index in [1.54, 1.807) is 0 Å². The second kappa shape index (κ2) is 10.3. The van der Waals surface area contributed by atoms with Gasteiger partial charge in [-0.15, -0.1) is 11.3 Å². The van der Waals surface area contributed by atoms with Crippen molar-refractivity contribution in [2.45, 2.75) is 39.0 Å². The number of hydrogen-bond acceptors (Lipinski definition) is 6. The number of nitrogens with zero attached hydrogens (tertiary/aromatic N) is 1. The molecule has 0 aliphatic rings. The highest BCUT2D eigenvalue weighted by Gasteiger charge is 2.07. The van der Waals surface area contributed by atoms with Crippen LogP contribution >= 0.6 is 11.3 Å². The zero-order chi connectivity index (χ0) is 15.5. The van der Waals surface area contributed by atoms with Crippen LogP contribution in [0.15, 0.2) is 5.38 Å². The number of nitrogens with one attached hydrogen (secondary N) is 1. The molecular formula is C14H22N2O4S. The normalized spacial score (nSPS) is 10.4. The predicted octanol–water partition coefficient (Wildman–Crippen LogP) is 2.39. The molecule has 6 nitrogen and oxygen atoms in total. The standard InChI is InChI=1S/C14H22N2O4S/c1-3-20-9-5-7-12(17)16-14-15-11(10-21-14)6-4-8-13(18)19-2/h10H,3-9H2,1-2H3,(H,15,16,17). The summed E-state index contributed by atoms with van der Waals surface area (Å²) in [5.41, 5.74) is 0.883. The molecule has 1 N–H and O–H groups in total. The Bertz CT molecular complexity index is 448. The number of hydrogen-bond donors (Lipinski definition) is 1. The zero-order valence-electron chi connectivity index (χ0n) is 12.5. The van der Waals surface area contributed by atoms with Gasteiger partial charge in [-0.3, -0.25) is 9.59 Å².